The molecule has 0 atom stereocenters. The van der Waals surface area contributed by atoms with E-state index in [9.17, 15) is 5.11 Å². The first-order valence-electron chi connectivity index (χ1n) is 4.01. The van der Waals surface area contributed by atoms with Crippen molar-refractivity contribution in [2.75, 3.05) is 0 Å². The van der Waals surface area contributed by atoms with E-state index in [4.69, 9.17) is 0 Å². The predicted molar refractivity (Wildman–Crippen MR) is 49.1 cm³/mol. The van der Waals surface area contributed by atoms with Crippen molar-refractivity contribution in [3.63, 3.8) is 0 Å². The quantitative estimate of drug-likeness (QED) is 0.666. The van der Waals surface area contributed by atoms with Crippen molar-refractivity contribution in [2.45, 2.75) is 5.92 Å². The first kappa shape index (κ1) is 7.17. The van der Waals surface area contributed by atoms with Crippen molar-refractivity contribution in [3.8, 4) is 5.75 Å². The molecule has 0 radical (unpaired) electrons. The van der Waals surface area contributed by atoms with E-state index in [0.29, 0.717) is 5.75 Å². The van der Waals surface area contributed by atoms with Gasteiger partial charge in [0, 0.05) is 11.5 Å². The lowest BCUT2D eigenvalue weighted by atomic mass is 10.0. The van der Waals surface area contributed by atoms with Gasteiger partial charge in [-0.15, -0.1) is 0 Å². The molecule has 1 aliphatic rings. The Hall–Kier alpha value is -1.50. The molecule has 12 heavy (non-hydrogen) atoms. The molecule has 1 aromatic carbocycles. The summed E-state index contributed by atoms with van der Waals surface area (Å²) in [6.07, 6.45) is 8.12. The molecule has 0 bridgehead atoms. The zero-order valence-corrected chi connectivity index (χ0v) is 6.64. The van der Waals surface area contributed by atoms with Crippen molar-refractivity contribution >= 4 is 0 Å². The zero-order valence-electron chi connectivity index (χ0n) is 6.64. The minimum atomic E-state index is 0.256. The Bertz CT molecular complexity index is 325. The van der Waals surface area contributed by atoms with Crippen LogP contribution in [0.2, 0.25) is 0 Å². The number of phenolic OH excluding ortho intramolecular Hbond substituents is 1. The van der Waals surface area contributed by atoms with Crippen LogP contribution in [0, 0.1) is 0 Å². The van der Waals surface area contributed by atoms with Gasteiger partial charge in [-0.25, -0.2) is 0 Å². The van der Waals surface area contributed by atoms with E-state index in [0.717, 1.165) is 5.56 Å². The number of allylic oxidation sites excluding steroid dienone is 4. The normalized spacial score (nSPS) is 15.7. The van der Waals surface area contributed by atoms with Crippen LogP contribution in [0.1, 0.15) is 11.5 Å². The predicted octanol–water partition coefficient (Wildman–Crippen LogP) is 2.60. The van der Waals surface area contributed by atoms with Crippen molar-refractivity contribution in [1.82, 2.24) is 0 Å². The van der Waals surface area contributed by atoms with Gasteiger partial charge >= 0.3 is 0 Å². The molecule has 1 heteroatoms. The lowest BCUT2D eigenvalue weighted by molar-refractivity contribution is 0.468. The topological polar surface area (TPSA) is 20.2 Å². The van der Waals surface area contributed by atoms with Gasteiger partial charge in [-0.05, 0) is 6.07 Å². The second kappa shape index (κ2) is 2.86. The van der Waals surface area contributed by atoms with Crippen LogP contribution in [0.4, 0.5) is 0 Å². The third-order valence-electron chi connectivity index (χ3n) is 2.04. The summed E-state index contributed by atoms with van der Waals surface area (Å²) >= 11 is 0. The number of hydrogen-bond acceptors (Lipinski definition) is 1. The van der Waals surface area contributed by atoms with Gasteiger partial charge in [0.25, 0.3) is 0 Å². The summed E-state index contributed by atoms with van der Waals surface area (Å²) < 4.78 is 0. The second-order valence-corrected chi connectivity index (χ2v) is 2.85. The number of benzene rings is 1. The zero-order chi connectivity index (χ0) is 8.39. The van der Waals surface area contributed by atoms with E-state index >= 15 is 0 Å². The van der Waals surface area contributed by atoms with Gasteiger partial charge in [-0.3, -0.25) is 0 Å². The average Bonchev–Trinajstić information content (AvgIpc) is 2.57. The molecule has 1 N–H and O–H groups in total. The maximum absolute atomic E-state index is 9.50. The third-order valence-corrected chi connectivity index (χ3v) is 2.04. The molecule has 2 rings (SSSR count). The number of rotatable bonds is 1. The van der Waals surface area contributed by atoms with Gasteiger partial charge in [0.15, 0.2) is 0 Å². The monoisotopic (exact) mass is 158 g/mol. The van der Waals surface area contributed by atoms with E-state index in [1.165, 1.54) is 0 Å². The Labute approximate surface area is 71.7 Å². The summed E-state index contributed by atoms with van der Waals surface area (Å²) in [5.74, 6) is 0.630. The Morgan fingerprint density at radius 2 is 1.67 bits per heavy atom. The minimum absolute atomic E-state index is 0.256. The first-order chi connectivity index (χ1) is 5.88. The van der Waals surface area contributed by atoms with Crippen LogP contribution in [0.25, 0.3) is 0 Å². The van der Waals surface area contributed by atoms with E-state index in [-0.39, 0.29) is 5.92 Å². The van der Waals surface area contributed by atoms with Gasteiger partial charge in [-0.2, -0.15) is 0 Å². The molecule has 0 heterocycles. The van der Waals surface area contributed by atoms with Crippen LogP contribution in [0.5, 0.6) is 5.75 Å². The smallest absolute Gasteiger partial charge is 0.119 e. The summed E-state index contributed by atoms with van der Waals surface area (Å²) in [6, 6.07) is 7.44. The fraction of sp³-hybridized carbons (Fsp3) is 0.0909. The van der Waals surface area contributed by atoms with Crippen LogP contribution in [-0.4, -0.2) is 5.11 Å². The van der Waals surface area contributed by atoms with E-state index in [1.807, 2.05) is 30.4 Å². The van der Waals surface area contributed by atoms with E-state index < -0.39 is 0 Å². The third kappa shape index (κ3) is 1.14. The maximum atomic E-state index is 9.50. The molecule has 1 aromatic rings. The second-order valence-electron chi connectivity index (χ2n) is 2.85. The molecule has 0 unspecified atom stereocenters. The Morgan fingerprint density at radius 1 is 1.00 bits per heavy atom. The summed E-state index contributed by atoms with van der Waals surface area (Å²) in [6.45, 7) is 0. The highest BCUT2D eigenvalue weighted by atomic mass is 16.3. The lowest BCUT2D eigenvalue weighted by Crippen LogP contribution is -1.88. The van der Waals surface area contributed by atoms with Gasteiger partial charge in [0.1, 0.15) is 5.75 Å². The molecule has 0 aliphatic heterocycles. The van der Waals surface area contributed by atoms with Crippen molar-refractivity contribution in [1.29, 1.82) is 0 Å². The molecule has 0 saturated carbocycles. The lowest BCUT2D eigenvalue weighted by Gasteiger charge is -2.06. The van der Waals surface area contributed by atoms with Gasteiger partial charge < -0.3 is 5.11 Å². The fourth-order valence-electron chi connectivity index (χ4n) is 1.41. The van der Waals surface area contributed by atoms with Crippen molar-refractivity contribution < 1.29 is 5.11 Å². The molecule has 1 aliphatic carbocycles. The maximum Gasteiger partial charge on any atom is 0.119 e. The Morgan fingerprint density at radius 3 is 2.33 bits per heavy atom. The Balaban J connectivity index is 2.39. The van der Waals surface area contributed by atoms with Crippen LogP contribution >= 0.6 is 0 Å². The molecule has 0 saturated heterocycles. The van der Waals surface area contributed by atoms with Crippen LogP contribution in [-0.2, 0) is 0 Å². The van der Waals surface area contributed by atoms with E-state index in [1.54, 1.807) is 6.07 Å². The molecule has 0 spiro atoms. The van der Waals surface area contributed by atoms with Gasteiger partial charge in [-0.1, -0.05) is 42.5 Å². The average molecular weight is 158 g/mol. The summed E-state index contributed by atoms with van der Waals surface area (Å²) in [5, 5.41) is 9.50. The van der Waals surface area contributed by atoms with Gasteiger partial charge in [0.2, 0.25) is 0 Å². The van der Waals surface area contributed by atoms with Crippen molar-refractivity contribution in [3.05, 3.63) is 54.1 Å². The highest BCUT2D eigenvalue weighted by molar-refractivity contribution is 5.42. The molecular weight excluding hydrogens is 148 g/mol. The summed E-state index contributed by atoms with van der Waals surface area (Å²) in [5.41, 5.74) is 0.975. The number of aromatic hydroxyl groups is 1. The fourth-order valence-corrected chi connectivity index (χ4v) is 1.41. The van der Waals surface area contributed by atoms with Crippen LogP contribution < -0.4 is 0 Å². The van der Waals surface area contributed by atoms with E-state index in [2.05, 4.69) is 12.2 Å². The molecule has 0 aromatic heterocycles. The molecule has 0 amide bonds. The standard InChI is InChI=1S/C11H10O/c12-11-8-4-3-7-10(11)9-5-1-2-6-9/h1-9,12H. The number of hydrogen-bond donors (Lipinski definition) is 1. The molecule has 60 valence electrons. The molecule has 1 nitrogen and oxygen atoms in total. The Kier molecular flexibility index (Phi) is 1.71. The highest BCUT2D eigenvalue weighted by Gasteiger charge is 2.09. The van der Waals surface area contributed by atoms with Crippen molar-refractivity contribution in [2.24, 2.45) is 0 Å². The largest absolute Gasteiger partial charge is 0.508 e. The summed E-state index contributed by atoms with van der Waals surface area (Å²) in [4.78, 5) is 0. The van der Waals surface area contributed by atoms with Crippen LogP contribution in [0.15, 0.2) is 48.6 Å². The van der Waals surface area contributed by atoms with Crippen LogP contribution in [0.3, 0.4) is 0 Å². The summed E-state index contributed by atoms with van der Waals surface area (Å²) in [7, 11) is 0. The SMILES string of the molecule is Oc1ccccc1C1C=CC=C1. The molecular formula is C11H10O. The minimum Gasteiger partial charge on any atom is -0.508 e. The number of phenols is 1. The molecule has 0 fully saturated rings. The first-order valence-corrected chi connectivity index (χ1v) is 4.01. The van der Waals surface area contributed by atoms with Gasteiger partial charge in [0.05, 0.1) is 0 Å². The highest BCUT2D eigenvalue weighted by Crippen LogP contribution is 2.29. The number of para-hydroxylation sites is 1.